The van der Waals surface area contributed by atoms with Gasteiger partial charge in [-0.2, -0.15) is 5.10 Å². The molecule has 16 heteroatoms. The minimum atomic E-state index is -1.20. The molecule has 5 rings (SSSR count). The summed E-state index contributed by atoms with van der Waals surface area (Å²) in [7, 11) is 0. The van der Waals surface area contributed by atoms with E-state index in [0.717, 1.165) is 12.8 Å². The molecule has 2 aromatic rings. The Bertz CT molecular complexity index is 1470. The first-order valence-corrected chi connectivity index (χ1v) is 15.2. The molecular formula is C30H37N7O9. The Labute approximate surface area is 264 Å². The number of ether oxygens (including phenoxy) is 1. The maximum atomic E-state index is 13.4. The molecule has 0 spiro atoms. The molecule has 1 aliphatic carbocycles. The Hall–Kier alpha value is -5.15. The zero-order valence-electron chi connectivity index (χ0n) is 25.2. The van der Waals surface area contributed by atoms with Gasteiger partial charge in [-0.3, -0.25) is 24.0 Å². The normalized spacial score (nSPS) is 18.5. The van der Waals surface area contributed by atoms with Crippen LogP contribution in [0.2, 0.25) is 0 Å². The lowest BCUT2D eigenvalue weighted by atomic mass is 10.1. The average Bonchev–Trinajstić information content (AvgIpc) is 3.54. The van der Waals surface area contributed by atoms with Crippen molar-refractivity contribution in [2.24, 2.45) is 5.92 Å². The molecular weight excluding hydrogens is 602 g/mol. The van der Waals surface area contributed by atoms with Crippen LogP contribution in [0, 0.1) is 5.92 Å². The fraction of sp³-hybridized carbons (Fsp3) is 0.500. The molecule has 2 aliphatic heterocycles. The van der Waals surface area contributed by atoms with Crippen molar-refractivity contribution in [3.8, 4) is 11.6 Å². The number of aliphatic carboxylic acids is 1. The third-order valence-electron chi connectivity index (χ3n) is 8.20. The van der Waals surface area contributed by atoms with E-state index in [4.69, 9.17) is 4.74 Å². The van der Waals surface area contributed by atoms with Gasteiger partial charge < -0.3 is 40.3 Å². The summed E-state index contributed by atoms with van der Waals surface area (Å²) in [6, 6.07) is 9.13. The number of hydrogen-bond acceptors (Lipinski definition) is 8. The van der Waals surface area contributed by atoms with E-state index in [1.165, 1.54) is 20.5 Å². The number of piperazine rings is 1. The van der Waals surface area contributed by atoms with Crippen LogP contribution >= 0.6 is 0 Å². The zero-order valence-corrected chi connectivity index (χ0v) is 25.2. The summed E-state index contributed by atoms with van der Waals surface area (Å²) >= 11 is 0. The Kier molecular flexibility index (Phi) is 10.0. The molecule has 1 aromatic carbocycles. The number of nitrogens with zero attached hydrogens (tertiary/aromatic N) is 5. The number of aromatic nitrogens is 2. The Morgan fingerprint density at radius 1 is 0.913 bits per heavy atom. The first kappa shape index (κ1) is 32.2. The number of carboxylic acids is 1. The van der Waals surface area contributed by atoms with Gasteiger partial charge in [0.2, 0.25) is 17.7 Å². The number of hydrogen-bond donors (Lipinski definition) is 4. The van der Waals surface area contributed by atoms with E-state index in [-0.39, 0.29) is 81.0 Å². The topological polar surface area (TPSA) is 204 Å². The lowest BCUT2D eigenvalue weighted by molar-refractivity contribution is -0.138. The highest BCUT2D eigenvalue weighted by Gasteiger charge is 2.35. The molecule has 2 atom stereocenters. The highest BCUT2D eigenvalue weighted by molar-refractivity contribution is 5.96. The Balaban J connectivity index is 1.26. The zero-order chi connectivity index (χ0) is 32.8. The summed E-state index contributed by atoms with van der Waals surface area (Å²) in [6.07, 6.45) is 0.849. The number of carbonyl (C=O) groups is 6. The van der Waals surface area contributed by atoms with Gasteiger partial charge in [0.25, 0.3) is 11.8 Å². The largest absolute Gasteiger partial charge is 0.481 e. The number of likely N-dealkylation sites (tertiary alicyclic amines) is 1. The molecule has 1 saturated carbocycles. The fourth-order valence-electron chi connectivity index (χ4n) is 5.40. The van der Waals surface area contributed by atoms with Crippen molar-refractivity contribution in [3.05, 3.63) is 42.1 Å². The van der Waals surface area contributed by atoms with Gasteiger partial charge in [-0.15, -0.1) is 0 Å². The van der Waals surface area contributed by atoms with Gasteiger partial charge in [0.05, 0.1) is 11.6 Å². The molecule has 246 valence electrons. The SMILES string of the molecule is O=C(O)CC[C@H](NC(=O)c1cc(OCC(=O)N2CCC(C(=O)NC3CC3)C2)n(-c2ccccc2)n1)C(=O)N1CCN(C(=O)O)CC1. The summed E-state index contributed by atoms with van der Waals surface area (Å²) in [4.78, 5) is 78.8. The smallest absolute Gasteiger partial charge is 0.407 e. The van der Waals surface area contributed by atoms with Crippen LogP contribution in [-0.2, 0) is 19.2 Å². The number of para-hydroxylation sites is 1. The highest BCUT2D eigenvalue weighted by atomic mass is 16.5. The molecule has 3 fully saturated rings. The van der Waals surface area contributed by atoms with Crippen LogP contribution in [0.25, 0.3) is 5.69 Å². The average molecular weight is 640 g/mol. The van der Waals surface area contributed by atoms with E-state index >= 15 is 0 Å². The first-order chi connectivity index (χ1) is 22.1. The molecule has 46 heavy (non-hydrogen) atoms. The third kappa shape index (κ3) is 8.11. The minimum Gasteiger partial charge on any atom is -0.481 e. The van der Waals surface area contributed by atoms with Crippen molar-refractivity contribution in [1.29, 1.82) is 0 Å². The van der Waals surface area contributed by atoms with Crippen LogP contribution in [0.15, 0.2) is 36.4 Å². The molecule has 1 aromatic heterocycles. The number of amides is 5. The van der Waals surface area contributed by atoms with Gasteiger partial charge in [0.15, 0.2) is 12.3 Å². The molecule has 0 radical (unpaired) electrons. The Morgan fingerprint density at radius 3 is 2.26 bits per heavy atom. The van der Waals surface area contributed by atoms with Crippen molar-refractivity contribution in [2.75, 3.05) is 45.9 Å². The van der Waals surface area contributed by atoms with E-state index in [1.54, 1.807) is 35.2 Å². The van der Waals surface area contributed by atoms with E-state index in [1.807, 2.05) is 0 Å². The number of carbonyl (C=O) groups excluding carboxylic acids is 4. The van der Waals surface area contributed by atoms with E-state index < -0.39 is 29.9 Å². The van der Waals surface area contributed by atoms with Crippen molar-refractivity contribution in [1.82, 2.24) is 35.1 Å². The van der Waals surface area contributed by atoms with Crippen LogP contribution < -0.4 is 15.4 Å². The maximum Gasteiger partial charge on any atom is 0.407 e. The van der Waals surface area contributed by atoms with Crippen LogP contribution in [0.3, 0.4) is 0 Å². The third-order valence-corrected chi connectivity index (χ3v) is 8.20. The molecule has 4 N–H and O–H groups in total. The standard InChI is InChI=1S/C30H37N7O9/c38-24(36-11-10-19(17-36)27(41)31-20-6-7-20)18-46-25-16-23(33-37(25)21-4-2-1-3-5-21)28(42)32-22(8-9-26(39)40)29(43)34-12-14-35(15-13-34)30(44)45/h1-5,16,19-20,22H,6-15,17-18H2,(H,31,41)(H,32,42)(H,39,40)(H,44,45)/t19?,22-/m0/s1. The predicted octanol–water partition coefficient (Wildman–Crippen LogP) is 0.164. The van der Waals surface area contributed by atoms with Crippen molar-refractivity contribution < 1.29 is 43.7 Å². The van der Waals surface area contributed by atoms with Crippen molar-refractivity contribution in [3.63, 3.8) is 0 Å². The van der Waals surface area contributed by atoms with Gasteiger partial charge >= 0.3 is 12.1 Å². The quantitative estimate of drug-likeness (QED) is 0.248. The summed E-state index contributed by atoms with van der Waals surface area (Å²) < 4.78 is 7.19. The van der Waals surface area contributed by atoms with Gasteiger partial charge in [-0.1, -0.05) is 18.2 Å². The van der Waals surface area contributed by atoms with Crippen molar-refractivity contribution in [2.45, 2.75) is 44.2 Å². The number of nitrogens with one attached hydrogen (secondary N) is 2. The number of benzene rings is 1. The van der Waals surface area contributed by atoms with E-state index in [0.29, 0.717) is 25.2 Å². The molecule has 2 saturated heterocycles. The second-order valence-corrected chi connectivity index (χ2v) is 11.6. The number of carboxylic acid groups (broad SMARTS) is 2. The van der Waals surface area contributed by atoms with Crippen LogP contribution in [0.5, 0.6) is 5.88 Å². The molecule has 0 bridgehead atoms. The monoisotopic (exact) mass is 639 g/mol. The fourth-order valence-corrected chi connectivity index (χ4v) is 5.40. The van der Waals surface area contributed by atoms with Gasteiger partial charge in [0.1, 0.15) is 6.04 Å². The van der Waals surface area contributed by atoms with E-state index in [2.05, 4.69) is 15.7 Å². The summed E-state index contributed by atoms with van der Waals surface area (Å²) in [5, 5.41) is 28.4. The summed E-state index contributed by atoms with van der Waals surface area (Å²) in [6.45, 7) is 0.737. The second-order valence-electron chi connectivity index (χ2n) is 11.6. The Morgan fingerprint density at radius 2 is 1.61 bits per heavy atom. The molecule has 1 unspecified atom stereocenters. The molecule has 16 nitrogen and oxygen atoms in total. The molecule has 3 heterocycles. The van der Waals surface area contributed by atoms with Crippen LogP contribution in [0.4, 0.5) is 4.79 Å². The predicted molar refractivity (Wildman–Crippen MR) is 159 cm³/mol. The van der Waals surface area contributed by atoms with Crippen LogP contribution in [-0.4, -0.2) is 128 Å². The van der Waals surface area contributed by atoms with Gasteiger partial charge in [-0.25, -0.2) is 9.48 Å². The summed E-state index contributed by atoms with van der Waals surface area (Å²) in [5.74, 6) is -2.99. The van der Waals surface area contributed by atoms with Gasteiger partial charge in [0, 0.05) is 57.8 Å². The van der Waals surface area contributed by atoms with E-state index in [9.17, 15) is 39.0 Å². The first-order valence-electron chi connectivity index (χ1n) is 15.2. The van der Waals surface area contributed by atoms with Crippen molar-refractivity contribution >= 4 is 35.7 Å². The lowest BCUT2D eigenvalue weighted by Gasteiger charge is -2.35. The molecule has 5 amide bonds. The summed E-state index contributed by atoms with van der Waals surface area (Å²) in [5.41, 5.74) is 0.407. The minimum absolute atomic E-state index is 0.0424. The second kappa shape index (κ2) is 14.3. The highest BCUT2D eigenvalue weighted by Crippen LogP contribution is 2.24. The van der Waals surface area contributed by atoms with Gasteiger partial charge in [-0.05, 0) is 37.8 Å². The maximum absolute atomic E-state index is 13.4. The molecule has 3 aliphatic rings. The number of rotatable bonds is 12. The lowest BCUT2D eigenvalue weighted by Crippen LogP contribution is -2.55. The van der Waals surface area contributed by atoms with Crippen LogP contribution in [0.1, 0.15) is 42.6 Å².